The molecular formula is C22H31NO6. The molecule has 1 aliphatic heterocycles. The highest BCUT2D eigenvalue weighted by Gasteiger charge is 2.53. The molecule has 3 atom stereocenters. The third kappa shape index (κ3) is 5.28. The normalized spacial score (nSPS) is 19.9. The fraction of sp³-hybridized carbons (Fsp3) is 0.591. The van der Waals surface area contributed by atoms with Gasteiger partial charge in [0.25, 0.3) is 0 Å². The summed E-state index contributed by atoms with van der Waals surface area (Å²) in [6.07, 6.45) is 0.826. The molecule has 7 nitrogen and oxygen atoms in total. The predicted molar refractivity (Wildman–Crippen MR) is 107 cm³/mol. The summed E-state index contributed by atoms with van der Waals surface area (Å²) in [7, 11) is 0. The van der Waals surface area contributed by atoms with Crippen molar-refractivity contribution in [3.8, 4) is 0 Å². The molecule has 0 aliphatic carbocycles. The molecule has 1 N–H and O–H groups in total. The van der Waals surface area contributed by atoms with E-state index in [1.807, 2.05) is 30.3 Å². The Hall–Kier alpha value is -2.57. The van der Waals surface area contributed by atoms with Gasteiger partial charge in [0.05, 0.1) is 0 Å². The number of carbonyl (C=O) groups is 3. The van der Waals surface area contributed by atoms with Crippen LogP contribution >= 0.6 is 0 Å². The lowest BCUT2D eigenvalue weighted by atomic mass is 9.73. The monoisotopic (exact) mass is 405 g/mol. The summed E-state index contributed by atoms with van der Waals surface area (Å²) >= 11 is 0. The summed E-state index contributed by atoms with van der Waals surface area (Å²) in [5.41, 5.74) is -1.72. The Bertz CT molecular complexity index is 741. The van der Waals surface area contributed by atoms with Gasteiger partial charge in [-0.25, -0.2) is 4.79 Å². The third-order valence-corrected chi connectivity index (χ3v) is 5.49. The van der Waals surface area contributed by atoms with Crippen LogP contribution in [0.4, 0.5) is 4.79 Å². The van der Waals surface area contributed by atoms with Crippen molar-refractivity contribution in [3.63, 3.8) is 0 Å². The number of carboxylic acid groups (broad SMARTS) is 1. The Morgan fingerprint density at radius 2 is 1.79 bits per heavy atom. The van der Waals surface area contributed by atoms with Crippen LogP contribution < -0.4 is 0 Å². The first-order chi connectivity index (χ1) is 13.5. The van der Waals surface area contributed by atoms with Gasteiger partial charge in [-0.2, -0.15) is 0 Å². The van der Waals surface area contributed by atoms with E-state index in [1.54, 1.807) is 32.6 Å². The first kappa shape index (κ1) is 22.7. The lowest BCUT2D eigenvalue weighted by molar-refractivity contribution is -0.181. The van der Waals surface area contributed by atoms with Gasteiger partial charge in [-0.05, 0) is 46.1 Å². The number of benzene rings is 1. The number of nitrogens with zero attached hydrogens (tertiary/aromatic N) is 1. The molecular weight excluding hydrogens is 374 g/mol. The molecule has 1 aromatic carbocycles. The molecule has 1 aromatic rings. The van der Waals surface area contributed by atoms with E-state index in [9.17, 15) is 19.5 Å². The summed E-state index contributed by atoms with van der Waals surface area (Å²) in [6.45, 7) is 8.75. The van der Waals surface area contributed by atoms with Crippen LogP contribution in [-0.2, 0) is 25.7 Å². The minimum absolute atomic E-state index is 0.138. The lowest BCUT2D eigenvalue weighted by Crippen LogP contribution is -2.53. The van der Waals surface area contributed by atoms with Crippen molar-refractivity contribution in [3.05, 3.63) is 35.9 Å². The number of amides is 1. The highest BCUT2D eigenvalue weighted by molar-refractivity contribution is 5.99. The standard InChI is InChI=1S/C22H31NO6/c1-15(22(5,18(24)25)19(26)29-21(2,3)4)17-12-9-13-23(17)20(27)28-14-16-10-7-6-8-11-16/h6-8,10-11,15,17H,9,12-14H2,1-5H3,(H,24,25). The second-order valence-electron chi connectivity index (χ2n) is 8.74. The van der Waals surface area contributed by atoms with Gasteiger partial charge in [0, 0.05) is 18.5 Å². The molecule has 2 rings (SSSR count). The van der Waals surface area contributed by atoms with E-state index in [1.165, 1.54) is 6.92 Å². The van der Waals surface area contributed by atoms with Gasteiger partial charge in [0.15, 0.2) is 5.41 Å². The van der Waals surface area contributed by atoms with Crippen molar-refractivity contribution >= 4 is 18.0 Å². The van der Waals surface area contributed by atoms with E-state index < -0.39 is 41.0 Å². The molecule has 160 valence electrons. The minimum Gasteiger partial charge on any atom is -0.480 e. The molecule has 0 spiro atoms. The SMILES string of the molecule is CC(C1CCCN1C(=O)OCc1ccccc1)C(C)(C(=O)O)C(=O)OC(C)(C)C. The van der Waals surface area contributed by atoms with Crippen LogP contribution in [0.15, 0.2) is 30.3 Å². The second-order valence-corrected chi connectivity index (χ2v) is 8.74. The van der Waals surface area contributed by atoms with Crippen LogP contribution in [0.25, 0.3) is 0 Å². The number of likely N-dealkylation sites (tertiary alicyclic amines) is 1. The van der Waals surface area contributed by atoms with E-state index in [-0.39, 0.29) is 6.61 Å². The van der Waals surface area contributed by atoms with Crippen LogP contribution in [0.3, 0.4) is 0 Å². The van der Waals surface area contributed by atoms with E-state index >= 15 is 0 Å². The smallest absolute Gasteiger partial charge is 0.410 e. The van der Waals surface area contributed by atoms with Gasteiger partial charge >= 0.3 is 18.0 Å². The molecule has 1 saturated heterocycles. The Balaban J connectivity index is 2.15. The van der Waals surface area contributed by atoms with Crippen LogP contribution in [0.5, 0.6) is 0 Å². The topological polar surface area (TPSA) is 93.1 Å². The van der Waals surface area contributed by atoms with Crippen molar-refractivity contribution in [2.75, 3.05) is 6.54 Å². The molecule has 1 aliphatic rings. The van der Waals surface area contributed by atoms with Crippen LogP contribution in [-0.4, -0.2) is 46.2 Å². The second kappa shape index (κ2) is 8.84. The maximum Gasteiger partial charge on any atom is 0.410 e. The quantitative estimate of drug-likeness (QED) is 0.571. The molecule has 7 heteroatoms. The maximum absolute atomic E-state index is 12.8. The largest absolute Gasteiger partial charge is 0.480 e. The van der Waals surface area contributed by atoms with Crippen LogP contribution in [0, 0.1) is 11.3 Å². The Labute approximate surface area is 172 Å². The van der Waals surface area contributed by atoms with Crippen molar-refractivity contribution in [2.45, 2.75) is 65.7 Å². The fourth-order valence-electron chi connectivity index (χ4n) is 3.58. The van der Waals surface area contributed by atoms with E-state index in [4.69, 9.17) is 9.47 Å². The number of ether oxygens (including phenoxy) is 2. The average Bonchev–Trinajstić information content (AvgIpc) is 3.13. The predicted octanol–water partition coefficient (Wildman–Crippen LogP) is 3.86. The van der Waals surface area contributed by atoms with Gasteiger partial charge < -0.3 is 19.5 Å². The Morgan fingerprint density at radius 3 is 2.34 bits per heavy atom. The van der Waals surface area contributed by atoms with Crippen molar-refractivity contribution in [1.29, 1.82) is 0 Å². The summed E-state index contributed by atoms with van der Waals surface area (Å²) in [4.78, 5) is 39.1. The molecule has 29 heavy (non-hydrogen) atoms. The zero-order valence-electron chi connectivity index (χ0n) is 17.8. The zero-order valence-corrected chi connectivity index (χ0v) is 17.8. The fourth-order valence-corrected chi connectivity index (χ4v) is 3.58. The molecule has 0 bridgehead atoms. The van der Waals surface area contributed by atoms with Gasteiger partial charge in [0.1, 0.15) is 12.2 Å². The van der Waals surface area contributed by atoms with Gasteiger partial charge in [-0.15, -0.1) is 0 Å². The molecule has 0 saturated carbocycles. The number of esters is 1. The van der Waals surface area contributed by atoms with Crippen molar-refractivity contribution < 1.29 is 29.0 Å². The Morgan fingerprint density at radius 1 is 1.17 bits per heavy atom. The molecule has 0 radical (unpaired) electrons. The number of hydrogen-bond donors (Lipinski definition) is 1. The third-order valence-electron chi connectivity index (χ3n) is 5.49. The van der Waals surface area contributed by atoms with Gasteiger partial charge in [0.2, 0.25) is 0 Å². The number of rotatable bonds is 6. The summed E-state index contributed by atoms with van der Waals surface area (Å²) in [5.74, 6) is -2.71. The molecule has 1 fully saturated rings. The number of aliphatic carboxylic acids is 1. The molecule has 3 unspecified atom stereocenters. The van der Waals surface area contributed by atoms with E-state index in [0.29, 0.717) is 13.0 Å². The van der Waals surface area contributed by atoms with Crippen LogP contribution in [0.1, 0.15) is 53.0 Å². The van der Waals surface area contributed by atoms with Crippen LogP contribution in [0.2, 0.25) is 0 Å². The lowest BCUT2D eigenvalue weighted by Gasteiger charge is -2.38. The Kier molecular flexibility index (Phi) is 6.93. The van der Waals surface area contributed by atoms with E-state index in [2.05, 4.69) is 0 Å². The first-order valence-corrected chi connectivity index (χ1v) is 9.91. The van der Waals surface area contributed by atoms with E-state index in [0.717, 1.165) is 12.0 Å². The van der Waals surface area contributed by atoms with Gasteiger partial charge in [-0.1, -0.05) is 37.3 Å². The van der Waals surface area contributed by atoms with Crippen molar-refractivity contribution in [2.24, 2.45) is 11.3 Å². The maximum atomic E-state index is 12.8. The molecule has 0 aromatic heterocycles. The average molecular weight is 405 g/mol. The highest BCUT2D eigenvalue weighted by Crippen LogP contribution is 2.39. The summed E-state index contributed by atoms with van der Waals surface area (Å²) in [6, 6.07) is 8.91. The van der Waals surface area contributed by atoms with Gasteiger partial charge in [-0.3, -0.25) is 9.59 Å². The number of carboxylic acids is 1. The summed E-state index contributed by atoms with van der Waals surface area (Å²) < 4.78 is 10.8. The molecule has 1 amide bonds. The first-order valence-electron chi connectivity index (χ1n) is 9.91. The highest BCUT2D eigenvalue weighted by atomic mass is 16.6. The van der Waals surface area contributed by atoms with Crippen molar-refractivity contribution in [1.82, 2.24) is 4.90 Å². The zero-order chi connectivity index (χ0) is 21.8. The summed E-state index contributed by atoms with van der Waals surface area (Å²) in [5, 5.41) is 9.87. The number of carbonyl (C=O) groups excluding carboxylic acids is 2. The minimum atomic E-state index is -1.78. The molecule has 1 heterocycles. The number of hydrogen-bond acceptors (Lipinski definition) is 5.